The summed E-state index contributed by atoms with van der Waals surface area (Å²) in [7, 11) is 3.16. The predicted octanol–water partition coefficient (Wildman–Crippen LogP) is 2.95. The summed E-state index contributed by atoms with van der Waals surface area (Å²) in [5.74, 6) is 0.638. The Morgan fingerprint density at radius 3 is 2.73 bits per heavy atom. The minimum Gasteiger partial charge on any atom is -0.493 e. The smallest absolute Gasteiger partial charge is 0.247 e. The van der Waals surface area contributed by atoms with Gasteiger partial charge in [-0.1, -0.05) is 29.5 Å². The molecule has 41 heavy (non-hydrogen) atoms. The molecular weight excluding hydrogens is 524 g/mol. The van der Waals surface area contributed by atoms with Gasteiger partial charge in [-0.2, -0.15) is 0 Å². The maximum Gasteiger partial charge on any atom is 0.247 e. The van der Waals surface area contributed by atoms with Gasteiger partial charge in [0.1, 0.15) is 18.1 Å². The second-order valence-electron chi connectivity index (χ2n) is 9.83. The minimum atomic E-state index is -0.910. The van der Waals surface area contributed by atoms with E-state index in [1.54, 1.807) is 42.3 Å². The van der Waals surface area contributed by atoms with Crippen LogP contribution in [0, 0.1) is 0 Å². The van der Waals surface area contributed by atoms with Crippen molar-refractivity contribution < 1.29 is 23.8 Å². The van der Waals surface area contributed by atoms with Crippen molar-refractivity contribution in [3.05, 3.63) is 78.1 Å². The second kappa shape index (κ2) is 13.2. The number of hydrogen-bond acceptors (Lipinski definition) is 8. The lowest BCUT2D eigenvalue weighted by Crippen LogP contribution is -2.47. The van der Waals surface area contributed by atoms with Gasteiger partial charge in [0.25, 0.3) is 0 Å². The third-order valence-corrected chi connectivity index (χ3v) is 7.20. The average Bonchev–Trinajstić information content (AvgIpc) is 3.68. The van der Waals surface area contributed by atoms with Gasteiger partial charge in [-0.05, 0) is 55.2 Å². The fourth-order valence-electron chi connectivity index (χ4n) is 5.06. The highest BCUT2D eigenvalue weighted by Gasteiger charge is 2.32. The van der Waals surface area contributed by atoms with E-state index in [-0.39, 0.29) is 31.0 Å². The van der Waals surface area contributed by atoms with Crippen LogP contribution in [0.4, 0.5) is 0 Å². The van der Waals surface area contributed by atoms with Gasteiger partial charge < -0.3 is 24.4 Å². The third kappa shape index (κ3) is 6.63. The monoisotopic (exact) mass is 558 g/mol. The van der Waals surface area contributed by atoms with Crippen LogP contribution >= 0.6 is 0 Å². The lowest BCUT2D eigenvalue weighted by atomic mass is 10.0. The second-order valence-corrected chi connectivity index (χ2v) is 9.83. The molecule has 0 unspecified atom stereocenters. The van der Waals surface area contributed by atoms with Gasteiger partial charge in [0, 0.05) is 37.7 Å². The zero-order valence-electron chi connectivity index (χ0n) is 23.2. The number of aromatic nitrogens is 4. The first kappa shape index (κ1) is 28.0. The number of amides is 2. The Morgan fingerprint density at radius 2 is 1.98 bits per heavy atom. The molecule has 1 aliphatic rings. The van der Waals surface area contributed by atoms with Crippen LogP contribution in [-0.2, 0) is 27.3 Å². The Balaban J connectivity index is 1.45. The number of rotatable bonds is 12. The largest absolute Gasteiger partial charge is 0.493 e. The molecular formula is C30H34N6O5. The summed E-state index contributed by atoms with van der Waals surface area (Å²) in [6.45, 7) is 1.24. The van der Waals surface area contributed by atoms with E-state index in [2.05, 4.69) is 20.6 Å². The molecule has 1 aliphatic heterocycles. The highest BCUT2D eigenvalue weighted by molar-refractivity contribution is 5.89. The molecule has 0 aliphatic carbocycles. The van der Waals surface area contributed by atoms with E-state index < -0.39 is 6.04 Å². The molecule has 1 fully saturated rings. The van der Waals surface area contributed by atoms with Gasteiger partial charge >= 0.3 is 0 Å². The number of ether oxygens (including phenoxy) is 3. The number of carbonyl (C=O) groups excluding carboxylic acids is 2. The van der Waals surface area contributed by atoms with Gasteiger partial charge in [0.05, 0.1) is 25.8 Å². The minimum absolute atomic E-state index is 0.0362. The number of nitrogens with zero attached hydrogens (tertiary/aromatic N) is 5. The molecule has 214 valence electrons. The molecule has 0 radical (unpaired) electrons. The number of methoxy groups -OCH3 is 2. The van der Waals surface area contributed by atoms with Crippen LogP contribution in [-0.4, -0.2) is 76.7 Å². The van der Waals surface area contributed by atoms with Gasteiger partial charge in [-0.3, -0.25) is 14.6 Å². The van der Waals surface area contributed by atoms with Crippen LogP contribution in [0.2, 0.25) is 0 Å². The van der Waals surface area contributed by atoms with Crippen molar-refractivity contribution in [2.45, 2.75) is 38.0 Å². The lowest BCUT2D eigenvalue weighted by Gasteiger charge is -2.31. The Hall–Kier alpha value is -4.51. The summed E-state index contributed by atoms with van der Waals surface area (Å²) >= 11 is 0. The van der Waals surface area contributed by atoms with Gasteiger partial charge in [0.2, 0.25) is 11.8 Å². The number of hydrogen-bond donors (Lipinski definition) is 1. The molecule has 1 N–H and O–H groups in total. The van der Waals surface area contributed by atoms with Crippen molar-refractivity contribution in [2.24, 2.45) is 0 Å². The maximum absolute atomic E-state index is 14.0. The van der Waals surface area contributed by atoms with Crippen molar-refractivity contribution in [1.29, 1.82) is 0 Å². The maximum atomic E-state index is 14.0. The number of carbonyl (C=O) groups is 2. The van der Waals surface area contributed by atoms with Crippen LogP contribution in [0.5, 0.6) is 11.5 Å². The summed E-state index contributed by atoms with van der Waals surface area (Å²) in [5, 5.41) is 11.4. The molecule has 0 bridgehead atoms. The molecule has 2 amide bonds. The van der Waals surface area contributed by atoms with E-state index in [1.165, 1.54) is 0 Å². The van der Waals surface area contributed by atoms with Gasteiger partial charge in [-0.25, -0.2) is 4.68 Å². The van der Waals surface area contributed by atoms with E-state index in [1.807, 2.05) is 48.5 Å². The standard InChI is InChI=1S/C30H34N6O5/c1-39-26-12-11-21(17-27(26)40-2)13-15-35(28(37)20-36-25-10-4-3-9-24(25)33-34-36)29(22-7-5-14-31-18-22)30(38)32-19-23-8-6-16-41-23/h3-5,7,9-12,14,17-18,23,29H,6,8,13,15-16,19-20H2,1-2H3,(H,32,38)/t23-,29+/m0/s1. The van der Waals surface area contributed by atoms with Crippen molar-refractivity contribution in [2.75, 3.05) is 33.9 Å². The topological polar surface area (TPSA) is 121 Å². The van der Waals surface area contributed by atoms with Crippen LogP contribution in [0.1, 0.15) is 30.0 Å². The number of para-hydroxylation sites is 1. The highest BCUT2D eigenvalue weighted by atomic mass is 16.5. The van der Waals surface area contributed by atoms with Crippen molar-refractivity contribution >= 4 is 22.8 Å². The number of pyridine rings is 1. The van der Waals surface area contributed by atoms with Crippen molar-refractivity contribution in [1.82, 2.24) is 30.2 Å². The van der Waals surface area contributed by atoms with E-state index >= 15 is 0 Å². The normalized spacial score (nSPS) is 15.4. The molecule has 2 aromatic carbocycles. The number of fused-ring (bicyclic) bond motifs is 1. The Labute approximate surface area is 238 Å². The van der Waals surface area contributed by atoms with E-state index in [0.29, 0.717) is 42.2 Å². The zero-order chi connectivity index (χ0) is 28.6. The number of nitrogens with one attached hydrogen (secondary N) is 1. The number of benzene rings is 2. The van der Waals surface area contributed by atoms with E-state index in [9.17, 15) is 9.59 Å². The first-order valence-electron chi connectivity index (χ1n) is 13.6. The summed E-state index contributed by atoms with van der Waals surface area (Å²) < 4.78 is 18.1. The predicted molar refractivity (Wildman–Crippen MR) is 151 cm³/mol. The van der Waals surface area contributed by atoms with Crippen LogP contribution in [0.3, 0.4) is 0 Å². The first-order chi connectivity index (χ1) is 20.1. The first-order valence-corrected chi connectivity index (χ1v) is 13.6. The van der Waals surface area contributed by atoms with Crippen LogP contribution in [0.15, 0.2) is 67.0 Å². The Kier molecular flexibility index (Phi) is 9.05. The summed E-state index contributed by atoms with van der Waals surface area (Å²) in [5.41, 5.74) is 2.97. The fraction of sp³-hybridized carbons (Fsp3) is 0.367. The molecule has 0 saturated carbocycles. The van der Waals surface area contributed by atoms with Gasteiger partial charge in [0.15, 0.2) is 11.5 Å². The highest BCUT2D eigenvalue weighted by Crippen LogP contribution is 2.29. The van der Waals surface area contributed by atoms with Crippen molar-refractivity contribution in [3.63, 3.8) is 0 Å². The van der Waals surface area contributed by atoms with Crippen LogP contribution in [0.25, 0.3) is 11.0 Å². The third-order valence-electron chi connectivity index (χ3n) is 7.20. The molecule has 4 aromatic rings. The SMILES string of the molecule is COc1ccc(CCN(C(=O)Cn2nnc3ccccc32)[C@@H](C(=O)NC[C@@H]2CCCO2)c2cccnc2)cc1OC. The summed E-state index contributed by atoms with van der Waals surface area (Å²) in [6, 6.07) is 15.7. The molecule has 11 heteroatoms. The quantitative estimate of drug-likeness (QED) is 0.282. The molecule has 5 rings (SSSR count). The molecule has 0 spiro atoms. The fourth-order valence-corrected chi connectivity index (χ4v) is 5.06. The summed E-state index contributed by atoms with van der Waals surface area (Å²) in [6.07, 6.45) is 5.55. The molecule has 11 nitrogen and oxygen atoms in total. The Bertz CT molecular complexity index is 1470. The summed E-state index contributed by atoms with van der Waals surface area (Å²) in [4.78, 5) is 33.7. The molecule has 2 aromatic heterocycles. The molecule has 3 heterocycles. The van der Waals surface area contributed by atoms with Crippen molar-refractivity contribution in [3.8, 4) is 11.5 Å². The van der Waals surface area contributed by atoms with E-state index in [0.717, 1.165) is 23.9 Å². The van der Waals surface area contributed by atoms with Crippen LogP contribution < -0.4 is 14.8 Å². The lowest BCUT2D eigenvalue weighted by molar-refractivity contribution is -0.141. The van der Waals surface area contributed by atoms with Gasteiger partial charge in [-0.15, -0.1) is 5.10 Å². The zero-order valence-corrected chi connectivity index (χ0v) is 23.2. The van der Waals surface area contributed by atoms with E-state index in [4.69, 9.17) is 14.2 Å². The molecule has 1 saturated heterocycles. The Morgan fingerprint density at radius 1 is 1.12 bits per heavy atom. The average molecular weight is 559 g/mol. The molecule has 2 atom stereocenters.